The van der Waals surface area contributed by atoms with E-state index < -0.39 is 0 Å². The first-order valence-electron chi connectivity index (χ1n) is 6.16. The number of furan rings is 1. The largest absolute Gasteiger partial charge is 0.472 e. The van der Waals surface area contributed by atoms with Crippen molar-refractivity contribution in [2.45, 2.75) is 13.0 Å². The number of amidine groups is 1. The molecule has 1 aromatic heterocycles. The summed E-state index contributed by atoms with van der Waals surface area (Å²) in [5.41, 5.74) is 6.15. The summed E-state index contributed by atoms with van der Waals surface area (Å²) in [5.74, 6) is 0.166. The molecule has 7 nitrogen and oxygen atoms in total. The molecule has 1 aliphatic rings. The first-order valence-corrected chi connectivity index (χ1v) is 6.16. The number of hydrogen-bond donors (Lipinski definition) is 2. The van der Waals surface area contributed by atoms with Crippen molar-refractivity contribution in [2.75, 3.05) is 26.2 Å². The highest BCUT2D eigenvalue weighted by molar-refractivity contribution is 5.93. The van der Waals surface area contributed by atoms with Crippen LogP contribution in [-0.4, -0.2) is 59.0 Å². The highest BCUT2D eigenvalue weighted by Crippen LogP contribution is 2.11. The molecule has 0 radical (unpaired) electrons. The number of hydrogen-bond acceptors (Lipinski definition) is 5. The van der Waals surface area contributed by atoms with Crippen molar-refractivity contribution in [2.24, 2.45) is 10.9 Å². The summed E-state index contributed by atoms with van der Waals surface area (Å²) in [6.45, 7) is 4.50. The van der Waals surface area contributed by atoms with E-state index in [0.717, 1.165) is 0 Å². The van der Waals surface area contributed by atoms with Crippen molar-refractivity contribution in [3.8, 4) is 0 Å². The Kier molecular flexibility index (Phi) is 4.06. The normalized spacial score (nSPS) is 19.4. The van der Waals surface area contributed by atoms with Gasteiger partial charge in [0.25, 0.3) is 5.91 Å². The molecule has 0 aliphatic carbocycles. The zero-order valence-corrected chi connectivity index (χ0v) is 10.8. The van der Waals surface area contributed by atoms with E-state index in [4.69, 9.17) is 15.4 Å². The van der Waals surface area contributed by atoms with Crippen LogP contribution in [-0.2, 0) is 0 Å². The summed E-state index contributed by atoms with van der Waals surface area (Å²) in [6, 6.07) is 1.53. The quantitative estimate of drug-likeness (QED) is 0.352. The molecule has 7 heteroatoms. The summed E-state index contributed by atoms with van der Waals surface area (Å²) in [7, 11) is 0. The van der Waals surface area contributed by atoms with E-state index in [-0.39, 0.29) is 17.8 Å². The zero-order valence-electron chi connectivity index (χ0n) is 10.8. The molecule has 0 spiro atoms. The number of carbonyl (C=O) groups is 1. The molecule has 1 fully saturated rings. The van der Waals surface area contributed by atoms with Crippen LogP contribution in [0.2, 0.25) is 0 Å². The molecular weight excluding hydrogens is 248 g/mol. The summed E-state index contributed by atoms with van der Waals surface area (Å²) >= 11 is 0. The van der Waals surface area contributed by atoms with Gasteiger partial charge in [0, 0.05) is 26.2 Å². The lowest BCUT2D eigenvalue weighted by atomic mass is 10.2. The Morgan fingerprint density at radius 3 is 2.68 bits per heavy atom. The molecule has 1 amide bonds. The Bertz CT molecular complexity index is 450. The average molecular weight is 266 g/mol. The van der Waals surface area contributed by atoms with Gasteiger partial charge in [-0.3, -0.25) is 9.69 Å². The van der Waals surface area contributed by atoms with Gasteiger partial charge < -0.3 is 20.3 Å². The van der Waals surface area contributed by atoms with Crippen LogP contribution in [0.3, 0.4) is 0 Å². The van der Waals surface area contributed by atoms with Gasteiger partial charge in [0.1, 0.15) is 6.26 Å². The number of nitrogens with two attached hydrogens (primary N) is 1. The standard InChI is InChI=1S/C12H18N4O3/c1-9(11(13)14-18)15-3-5-16(6-4-15)12(17)10-2-7-19-8-10/h2,7-9,18H,3-6H2,1H3,(H2,13,14). The zero-order chi connectivity index (χ0) is 13.8. The number of oxime groups is 1. The molecule has 0 saturated carbocycles. The van der Waals surface area contributed by atoms with Gasteiger partial charge in [-0.1, -0.05) is 5.16 Å². The third kappa shape index (κ3) is 2.87. The molecule has 0 aromatic carbocycles. The topological polar surface area (TPSA) is 95.3 Å². The number of rotatable bonds is 3. The summed E-state index contributed by atoms with van der Waals surface area (Å²) in [4.78, 5) is 15.9. The maximum atomic E-state index is 12.1. The van der Waals surface area contributed by atoms with Crippen LogP contribution in [0.25, 0.3) is 0 Å². The minimum atomic E-state index is -0.129. The van der Waals surface area contributed by atoms with Gasteiger partial charge in [-0.25, -0.2) is 0 Å². The molecular formula is C12H18N4O3. The molecule has 1 atom stereocenters. The van der Waals surface area contributed by atoms with Gasteiger partial charge in [0.2, 0.25) is 0 Å². The molecule has 19 heavy (non-hydrogen) atoms. The van der Waals surface area contributed by atoms with Crippen molar-refractivity contribution >= 4 is 11.7 Å². The Labute approximate surface area is 111 Å². The van der Waals surface area contributed by atoms with Gasteiger partial charge in [-0.2, -0.15) is 0 Å². The van der Waals surface area contributed by atoms with E-state index in [0.29, 0.717) is 31.7 Å². The molecule has 0 bridgehead atoms. The Morgan fingerprint density at radius 2 is 2.16 bits per heavy atom. The fraction of sp³-hybridized carbons (Fsp3) is 0.500. The van der Waals surface area contributed by atoms with Crippen LogP contribution in [0.15, 0.2) is 28.2 Å². The van der Waals surface area contributed by atoms with Gasteiger partial charge in [-0.05, 0) is 13.0 Å². The lowest BCUT2D eigenvalue weighted by Gasteiger charge is -2.37. The summed E-state index contributed by atoms with van der Waals surface area (Å²) in [5, 5.41) is 11.7. The second-order valence-electron chi connectivity index (χ2n) is 4.54. The SMILES string of the molecule is CC(C(N)=NO)N1CCN(C(=O)c2ccoc2)CC1. The maximum absolute atomic E-state index is 12.1. The van der Waals surface area contributed by atoms with Crippen LogP contribution < -0.4 is 5.73 Å². The maximum Gasteiger partial charge on any atom is 0.257 e. The second-order valence-corrected chi connectivity index (χ2v) is 4.54. The average Bonchev–Trinajstić information content (AvgIpc) is 2.99. The lowest BCUT2D eigenvalue weighted by Crippen LogP contribution is -2.54. The molecule has 2 heterocycles. The second kappa shape index (κ2) is 5.75. The molecule has 1 saturated heterocycles. The third-order valence-electron chi connectivity index (χ3n) is 3.46. The van der Waals surface area contributed by atoms with E-state index in [1.54, 1.807) is 11.0 Å². The van der Waals surface area contributed by atoms with Gasteiger partial charge in [0.05, 0.1) is 17.9 Å². The van der Waals surface area contributed by atoms with Crippen LogP contribution in [0.1, 0.15) is 17.3 Å². The fourth-order valence-electron chi connectivity index (χ4n) is 2.15. The lowest BCUT2D eigenvalue weighted by molar-refractivity contribution is 0.0618. The predicted molar refractivity (Wildman–Crippen MR) is 69.1 cm³/mol. The van der Waals surface area contributed by atoms with Crippen molar-refractivity contribution in [3.63, 3.8) is 0 Å². The Balaban J connectivity index is 1.91. The van der Waals surface area contributed by atoms with E-state index in [1.165, 1.54) is 12.5 Å². The van der Waals surface area contributed by atoms with Crippen LogP contribution in [0.4, 0.5) is 0 Å². The minimum absolute atomic E-state index is 0.0233. The van der Waals surface area contributed by atoms with Crippen molar-refractivity contribution < 1.29 is 14.4 Å². The third-order valence-corrected chi connectivity index (χ3v) is 3.46. The Morgan fingerprint density at radius 1 is 1.47 bits per heavy atom. The molecule has 1 aromatic rings. The van der Waals surface area contributed by atoms with Crippen LogP contribution in [0.5, 0.6) is 0 Å². The number of amides is 1. The van der Waals surface area contributed by atoms with Crippen LogP contribution in [0, 0.1) is 0 Å². The highest BCUT2D eigenvalue weighted by Gasteiger charge is 2.26. The van der Waals surface area contributed by atoms with E-state index >= 15 is 0 Å². The molecule has 1 unspecified atom stereocenters. The fourth-order valence-corrected chi connectivity index (χ4v) is 2.15. The molecule has 1 aliphatic heterocycles. The van der Waals surface area contributed by atoms with Gasteiger partial charge in [-0.15, -0.1) is 0 Å². The molecule has 104 valence electrons. The van der Waals surface area contributed by atoms with Crippen LogP contribution >= 0.6 is 0 Å². The number of nitrogens with zero attached hydrogens (tertiary/aromatic N) is 3. The van der Waals surface area contributed by atoms with Crippen molar-refractivity contribution in [1.29, 1.82) is 0 Å². The smallest absolute Gasteiger partial charge is 0.257 e. The Hall–Kier alpha value is -2.02. The van der Waals surface area contributed by atoms with E-state index in [9.17, 15) is 4.79 Å². The van der Waals surface area contributed by atoms with Gasteiger partial charge in [0.15, 0.2) is 5.84 Å². The summed E-state index contributed by atoms with van der Waals surface area (Å²) in [6.07, 6.45) is 2.94. The number of carbonyl (C=O) groups excluding carboxylic acids is 1. The van der Waals surface area contributed by atoms with E-state index in [2.05, 4.69) is 10.1 Å². The first kappa shape index (κ1) is 13.4. The van der Waals surface area contributed by atoms with Crippen molar-refractivity contribution in [1.82, 2.24) is 9.80 Å². The predicted octanol–water partition coefficient (Wildman–Crippen LogP) is 0.172. The minimum Gasteiger partial charge on any atom is -0.472 e. The first-order chi connectivity index (χ1) is 9.13. The monoisotopic (exact) mass is 266 g/mol. The van der Waals surface area contributed by atoms with Gasteiger partial charge >= 0.3 is 0 Å². The summed E-state index contributed by atoms with van der Waals surface area (Å²) < 4.78 is 4.91. The highest BCUT2D eigenvalue weighted by atomic mass is 16.4. The van der Waals surface area contributed by atoms with Crippen molar-refractivity contribution in [3.05, 3.63) is 24.2 Å². The molecule has 2 rings (SSSR count). The molecule has 3 N–H and O–H groups in total. The van der Waals surface area contributed by atoms with E-state index in [1.807, 2.05) is 6.92 Å². The number of piperazine rings is 1.